The van der Waals surface area contributed by atoms with E-state index in [1.807, 2.05) is 5.48 Å². The molecule has 2 N–H and O–H groups in total. The minimum atomic E-state index is -0.638. The minimum absolute atomic E-state index is 0.0151. The molecule has 1 aromatic heterocycles. The first-order valence-electron chi connectivity index (χ1n) is 3.51. The van der Waals surface area contributed by atoms with E-state index in [1.165, 1.54) is 11.4 Å². The van der Waals surface area contributed by atoms with Gasteiger partial charge in [0, 0.05) is 0 Å². The Balaban J connectivity index is 2.45. The van der Waals surface area contributed by atoms with Crippen molar-refractivity contribution in [1.29, 1.82) is 0 Å². The Morgan fingerprint density at radius 3 is 3.08 bits per heavy atom. The number of carbonyl (C=O) groups excluding carboxylic acids is 1. The predicted octanol–water partition coefficient (Wildman–Crippen LogP) is 0.541. The van der Waals surface area contributed by atoms with Gasteiger partial charge < -0.3 is 5.11 Å². The highest BCUT2D eigenvalue weighted by Gasteiger charge is 2.12. The molecule has 0 unspecified atom stereocenters. The molecule has 0 fully saturated rings. The van der Waals surface area contributed by atoms with Gasteiger partial charge in [0.05, 0.1) is 13.2 Å². The molecule has 1 amide bonds. The van der Waals surface area contributed by atoms with E-state index < -0.39 is 11.7 Å². The fourth-order valence-corrected chi connectivity index (χ4v) is 1.32. The first kappa shape index (κ1) is 10.1. The van der Waals surface area contributed by atoms with Crippen LogP contribution in [0.15, 0.2) is 11.4 Å². The molecule has 0 aliphatic carbocycles. The molecule has 0 saturated heterocycles. The smallest absolute Gasteiger partial charge is 0.287 e. The van der Waals surface area contributed by atoms with Crippen LogP contribution in [0.25, 0.3) is 0 Å². The van der Waals surface area contributed by atoms with Crippen LogP contribution >= 0.6 is 11.3 Å². The lowest BCUT2D eigenvalue weighted by atomic mass is 10.4. The highest BCUT2D eigenvalue weighted by molar-refractivity contribution is 7.12. The van der Waals surface area contributed by atoms with E-state index in [0.29, 0.717) is 0 Å². The lowest BCUT2D eigenvalue weighted by Gasteiger charge is -2.01. The second kappa shape index (κ2) is 4.90. The molecule has 0 spiro atoms. The van der Waals surface area contributed by atoms with Gasteiger partial charge >= 0.3 is 0 Å². The van der Waals surface area contributed by atoms with Crippen molar-refractivity contribution < 1.29 is 19.1 Å². The van der Waals surface area contributed by atoms with Crippen molar-refractivity contribution in [2.75, 3.05) is 13.2 Å². The average molecular weight is 205 g/mol. The lowest BCUT2D eigenvalue weighted by Crippen LogP contribution is -2.24. The minimum Gasteiger partial charge on any atom is -0.394 e. The van der Waals surface area contributed by atoms with Crippen molar-refractivity contribution in [3.63, 3.8) is 0 Å². The first-order valence-corrected chi connectivity index (χ1v) is 4.39. The molecule has 13 heavy (non-hydrogen) atoms. The van der Waals surface area contributed by atoms with Gasteiger partial charge in [-0.1, -0.05) is 0 Å². The van der Waals surface area contributed by atoms with Crippen LogP contribution in [-0.2, 0) is 4.84 Å². The normalized spacial score (nSPS) is 10.0. The Hall–Kier alpha value is -0.980. The number of hydroxylamine groups is 1. The number of thiophene rings is 1. The summed E-state index contributed by atoms with van der Waals surface area (Å²) in [7, 11) is 0. The molecule has 1 aromatic rings. The largest absolute Gasteiger partial charge is 0.394 e. The van der Waals surface area contributed by atoms with Crippen molar-refractivity contribution in [2.45, 2.75) is 0 Å². The molecule has 0 saturated carbocycles. The molecule has 0 bridgehead atoms. The molecular weight excluding hydrogens is 197 g/mol. The van der Waals surface area contributed by atoms with Crippen LogP contribution < -0.4 is 5.48 Å². The van der Waals surface area contributed by atoms with Crippen LogP contribution in [0, 0.1) is 5.82 Å². The number of nitrogens with one attached hydrogen (secondary N) is 1. The van der Waals surface area contributed by atoms with Gasteiger partial charge in [-0.3, -0.25) is 9.63 Å². The molecule has 0 radical (unpaired) electrons. The summed E-state index contributed by atoms with van der Waals surface area (Å²) in [6.45, 7) is -0.216. The van der Waals surface area contributed by atoms with Crippen molar-refractivity contribution >= 4 is 17.2 Å². The maximum atomic E-state index is 12.8. The third kappa shape index (κ3) is 2.76. The van der Waals surface area contributed by atoms with Gasteiger partial charge in [0.1, 0.15) is 10.7 Å². The van der Waals surface area contributed by atoms with Gasteiger partial charge in [0.25, 0.3) is 5.91 Å². The maximum Gasteiger partial charge on any atom is 0.287 e. The standard InChI is InChI=1S/C7H8FNO3S/c8-5-1-4-13-6(5)7(11)9-12-3-2-10/h1,4,10H,2-3H2,(H,9,11). The molecule has 0 atom stereocenters. The summed E-state index contributed by atoms with van der Waals surface area (Å²) in [6.07, 6.45) is 0. The number of rotatable bonds is 4. The zero-order valence-electron chi connectivity index (χ0n) is 6.62. The summed E-state index contributed by atoms with van der Waals surface area (Å²) in [4.78, 5) is 15.5. The molecule has 1 heterocycles. The maximum absolute atomic E-state index is 12.8. The van der Waals surface area contributed by atoms with Gasteiger partial charge in [-0.25, -0.2) is 9.87 Å². The van der Waals surface area contributed by atoms with Crippen LogP contribution in [0.1, 0.15) is 9.67 Å². The van der Waals surface area contributed by atoms with Crippen molar-refractivity contribution in [3.8, 4) is 0 Å². The van der Waals surface area contributed by atoms with Crippen LogP contribution in [-0.4, -0.2) is 24.2 Å². The van der Waals surface area contributed by atoms with Crippen molar-refractivity contribution in [2.24, 2.45) is 0 Å². The summed E-state index contributed by atoms with van der Waals surface area (Å²) in [5.74, 6) is -1.21. The van der Waals surface area contributed by atoms with E-state index in [1.54, 1.807) is 0 Å². The summed E-state index contributed by atoms with van der Waals surface area (Å²) in [6, 6.07) is 1.20. The van der Waals surface area contributed by atoms with Gasteiger partial charge in [0.2, 0.25) is 0 Å². The fraction of sp³-hybridized carbons (Fsp3) is 0.286. The third-order valence-electron chi connectivity index (χ3n) is 1.18. The number of halogens is 1. The van der Waals surface area contributed by atoms with E-state index in [0.717, 1.165) is 11.3 Å². The fourth-order valence-electron chi connectivity index (χ4n) is 0.664. The third-order valence-corrected chi connectivity index (χ3v) is 2.07. The van der Waals surface area contributed by atoms with Gasteiger partial charge in [-0.2, -0.15) is 0 Å². The van der Waals surface area contributed by atoms with Gasteiger partial charge in [0.15, 0.2) is 0 Å². The van der Waals surface area contributed by atoms with E-state index in [9.17, 15) is 9.18 Å². The van der Waals surface area contributed by atoms with Crippen molar-refractivity contribution in [1.82, 2.24) is 5.48 Å². The Labute approximate surface area is 77.9 Å². The number of amides is 1. The molecular formula is C7H8FNO3S. The summed E-state index contributed by atoms with van der Waals surface area (Å²) < 4.78 is 12.8. The highest BCUT2D eigenvalue weighted by atomic mass is 32.1. The van der Waals surface area contributed by atoms with Gasteiger partial charge in [-0.15, -0.1) is 11.3 Å². The first-order chi connectivity index (χ1) is 6.25. The van der Waals surface area contributed by atoms with Crippen LogP contribution in [0.3, 0.4) is 0 Å². The topological polar surface area (TPSA) is 58.6 Å². The quantitative estimate of drug-likeness (QED) is 0.557. The Bertz CT molecular complexity index is 289. The van der Waals surface area contributed by atoms with E-state index in [-0.39, 0.29) is 18.1 Å². The zero-order valence-corrected chi connectivity index (χ0v) is 7.44. The Morgan fingerprint density at radius 2 is 2.54 bits per heavy atom. The van der Waals surface area contributed by atoms with Crippen LogP contribution in [0.5, 0.6) is 0 Å². The SMILES string of the molecule is O=C(NOCCO)c1sccc1F. The monoisotopic (exact) mass is 205 g/mol. The van der Waals surface area contributed by atoms with E-state index >= 15 is 0 Å². The van der Waals surface area contributed by atoms with Crippen LogP contribution in [0.4, 0.5) is 4.39 Å². The molecule has 4 nitrogen and oxygen atoms in total. The van der Waals surface area contributed by atoms with E-state index in [4.69, 9.17) is 5.11 Å². The van der Waals surface area contributed by atoms with Gasteiger partial charge in [-0.05, 0) is 11.4 Å². The second-order valence-electron chi connectivity index (χ2n) is 2.10. The zero-order chi connectivity index (χ0) is 9.68. The summed E-state index contributed by atoms with van der Waals surface area (Å²) in [5, 5.41) is 9.79. The lowest BCUT2D eigenvalue weighted by molar-refractivity contribution is 0.0169. The number of hydrogen-bond donors (Lipinski definition) is 2. The van der Waals surface area contributed by atoms with Crippen LogP contribution in [0.2, 0.25) is 0 Å². The van der Waals surface area contributed by atoms with Crippen molar-refractivity contribution in [3.05, 3.63) is 22.1 Å². The Kier molecular flexibility index (Phi) is 3.81. The summed E-state index contributed by atoms with van der Waals surface area (Å²) >= 11 is 0.986. The predicted molar refractivity (Wildman–Crippen MR) is 44.8 cm³/mol. The molecule has 6 heteroatoms. The second-order valence-corrected chi connectivity index (χ2v) is 3.02. The molecule has 0 aromatic carbocycles. The number of carbonyl (C=O) groups is 1. The number of aliphatic hydroxyl groups is 1. The summed E-state index contributed by atoms with van der Waals surface area (Å²) in [5.41, 5.74) is 2.00. The molecule has 1 rings (SSSR count). The highest BCUT2D eigenvalue weighted by Crippen LogP contribution is 2.13. The number of aliphatic hydroxyl groups excluding tert-OH is 1. The molecule has 0 aliphatic heterocycles. The average Bonchev–Trinajstić information content (AvgIpc) is 2.52. The Morgan fingerprint density at radius 1 is 1.77 bits per heavy atom. The number of hydrogen-bond acceptors (Lipinski definition) is 4. The molecule has 72 valence electrons. The van der Waals surface area contributed by atoms with E-state index in [2.05, 4.69) is 4.84 Å². The molecule has 0 aliphatic rings.